The Bertz CT molecular complexity index is 708. The predicted molar refractivity (Wildman–Crippen MR) is 92.7 cm³/mol. The Kier molecular flexibility index (Phi) is 6.63. The lowest BCUT2D eigenvalue weighted by Gasteiger charge is -2.15. The molecule has 2 aromatic rings. The van der Waals surface area contributed by atoms with Gasteiger partial charge in [-0.25, -0.2) is 4.79 Å². The van der Waals surface area contributed by atoms with E-state index in [0.717, 1.165) is 33.9 Å². The molecule has 0 amide bonds. The molecule has 0 radical (unpaired) electrons. The van der Waals surface area contributed by atoms with Crippen molar-refractivity contribution in [2.24, 2.45) is 0 Å². The normalized spacial score (nSPS) is 10.4. The summed E-state index contributed by atoms with van der Waals surface area (Å²) in [6.45, 7) is 6.66. The lowest BCUT2D eigenvalue weighted by atomic mass is 10.0. The average molecular weight is 330 g/mol. The highest BCUT2D eigenvalue weighted by molar-refractivity contribution is 5.94. The van der Waals surface area contributed by atoms with Gasteiger partial charge in [0.1, 0.15) is 24.7 Å². The number of rotatable bonds is 9. The fraction of sp³-hybridized carbons (Fsp3) is 0.316. The van der Waals surface area contributed by atoms with Gasteiger partial charge in [0.05, 0.1) is 20.3 Å². The molecule has 0 aromatic heterocycles. The van der Waals surface area contributed by atoms with Gasteiger partial charge < -0.3 is 18.9 Å². The molecule has 0 unspecified atom stereocenters. The summed E-state index contributed by atoms with van der Waals surface area (Å²) in [7, 11) is 1.66. The third-order valence-corrected chi connectivity index (χ3v) is 3.48. The summed E-state index contributed by atoms with van der Waals surface area (Å²) in [4.78, 5) is 10.9. The fourth-order valence-corrected chi connectivity index (χ4v) is 2.37. The SMILES string of the molecule is C=CC(=O)OCCOCCOc1c(C)cc(OC)c2ccccc12. The molecule has 0 aliphatic rings. The second-order valence-corrected chi connectivity index (χ2v) is 5.10. The number of ether oxygens (including phenoxy) is 4. The summed E-state index contributed by atoms with van der Waals surface area (Å²) in [6.07, 6.45) is 1.13. The maximum absolute atomic E-state index is 10.9. The van der Waals surface area contributed by atoms with Gasteiger partial charge in [-0.2, -0.15) is 0 Å². The van der Waals surface area contributed by atoms with E-state index in [1.165, 1.54) is 0 Å². The minimum atomic E-state index is -0.449. The first kappa shape index (κ1) is 17.8. The number of benzene rings is 2. The molecule has 5 nitrogen and oxygen atoms in total. The summed E-state index contributed by atoms with van der Waals surface area (Å²) in [5.41, 5.74) is 1.01. The molecular formula is C19H22O5. The number of aryl methyl sites for hydroxylation is 1. The summed E-state index contributed by atoms with van der Waals surface area (Å²) < 4.78 is 21.5. The first-order valence-corrected chi connectivity index (χ1v) is 7.73. The van der Waals surface area contributed by atoms with Gasteiger partial charge in [0.2, 0.25) is 0 Å². The molecule has 2 aromatic carbocycles. The van der Waals surface area contributed by atoms with Crippen molar-refractivity contribution in [2.75, 3.05) is 33.5 Å². The Morgan fingerprint density at radius 1 is 1.12 bits per heavy atom. The van der Waals surface area contributed by atoms with Crippen molar-refractivity contribution in [1.82, 2.24) is 0 Å². The van der Waals surface area contributed by atoms with E-state index in [1.54, 1.807) is 7.11 Å². The van der Waals surface area contributed by atoms with Crippen molar-refractivity contribution in [3.63, 3.8) is 0 Å². The number of carbonyl (C=O) groups excluding carboxylic acids is 1. The molecule has 0 saturated carbocycles. The van der Waals surface area contributed by atoms with E-state index in [0.29, 0.717) is 19.8 Å². The van der Waals surface area contributed by atoms with Gasteiger partial charge >= 0.3 is 5.97 Å². The smallest absolute Gasteiger partial charge is 0.330 e. The zero-order valence-electron chi connectivity index (χ0n) is 14.0. The molecule has 0 aliphatic carbocycles. The van der Waals surface area contributed by atoms with Crippen LogP contribution in [0.5, 0.6) is 11.5 Å². The molecule has 128 valence electrons. The number of hydrogen-bond donors (Lipinski definition) is 0. The molecule has 0 N–H and O–H groups in total. The zero-order chi connectivity index (χ0) is 17.4. The van der Waals surface area contributed by atoms with Gasteiger partial charge in [0.15, 0.2) is 0 Å². The van der Waals surface area contributed by atoms with Crippen LogP contribution in [0.2, 0.25) is 0 Å². The molecular weight excluding hydrogens is 308 g/mol. The minimum absolute atomic E-state index is 0.204. The van der Waals surface area contributed by atoms with Crippen molar-refractivity contribution in [3.05, 3.63) is 48.6 Å². The largest absolute Gasteiger partial charge is 0.496 e. The average Bonchev–Trinajstić information content (AvgIpc) is 2.61. The molecule has 2 rings (SSSR count). The number of hydrogen-bond acceptors (Lipinski definition) is 5. The number of esters is 1. The Labute approximate surface area is 141 Å². The van der Waals surface area contributed by atoms with Crippen LogP contribution in [0.15, 0.2) is 43.0 Å². The van der Waals surface area contributed by atoms with Crippen molar-refractivity contribution in [1.29, 1.82) is 0 Å². The van der Waals surface area contributed by atoms with Gasteiger partial charge in [-0.15, -0.1) is 0 Å². The Balaban J connectivity index is 1.90. The van der Waals surface area contributed by atoms with Gasteiger partial charge in [-0.1, -0.05) is 30.8 Å². The Hall–Kier alpha value is -2.53. The van der Waals surface area contributed by atoms with Crippen LogP contribution in [0.1, 0.15) is 5.56 Å². The van der Waals surface area contributed by atoms with Crippen molar-refractivity contribution in [3.8, 4) is 11.5 Å². The predicted octanol–water partition coefficient (Wildman–Crippen LogP) is 3.28. The molecule has 0 bridgehead atoms. The van der Waals surface area contributed by atoms with Crippen LogP contribution in [0.25, 0.3) is 10.8 Å². The van der Waals surface area contributed by atoms with Gasteiger partial charge in [0.25, 0.3) is 0 Å². The van der Waals surface area contributed by atoms with Crippen LogP contribution in [0.4, 0.5) is 0 Å². The highest BCUT2D eigenvalue weighted by Crippen LogP contribution is 2.36. The van der Waals surface area contributed by atoms with Crippen LogP contribution in [-0.2, 0) is 14.3 Å². The van der Waals surface area contributed by atoms with Crippen molar-refractivity contribution < 1.29 is 23.7 Å². The third kappa shape index (κ3) is 4.49. The Morgan fingerprint density at radius 3 is 2.54 bits per heavy atom. The fourth-order valence-electron chi connectivity index (χ4n) is 2.37. The Morgan fingerprint density at radius 2 is 1.83 bits per heavy atom. The topological polar surface area (TPSA) is 54.0 Å². The highest BCUT2D eigenvalue weighted by Gasteiger charge is 2.11. The van der Waals surface area contributed by atoms with Crippen LogP contribution in [0, 0.1) is 6.92 Å². The lowest BCUT2D eigenvalue weighted by Crippen LogP contribution is -2.13. The number of fused-ring (bicyclic) bond motifs is 1. The van der Waals surface area contributed by atoms with Gasteiger partial charge in [-0.3, -0.25) is 0 Å². The molecule has 5 heteroatoms. The van der Waals surface area contributed by atoms with E-state index in [9.17, 15) is 4.79 Å². The highest BCUT2D eigenvalue weighted by atomic mass is 16.6. The number of methoxy groups -OCH3 is 1. The van der Waals surface area contributed by atoms with Crippen LogP contribution < -0.4 is 9.47 Å². The first-order chi connectivity index (χ1) is 11.7. The van der Waals surface area contributed by atoms with E-state index in [2.05, 4.69) is 6.58 Å². The van der Waals surface area contributed by atoms with Gasteiger partial charge in [-0.05, 0) is 18.6 Å². The maximum Gasteiger partial charge on any atom is 0.330 e. The van der Waals surface area contributed by atoms with Crippen LogP contribution in [0.3, 0.4) is 0 Å². The molecule has 0 spiro atoms. The summed E-state index contributed by atoms with van der Waals surface area (Å²) in [5.74, 6) is 1.21. The summed E-state index contributed by atoms with van der Waals surface area (Å²) >= 11 is 0. The third-order valence-electron chi connectivity index (χ3n) is 3.48. The quantitative estimate of drug-likeness (QED) is 0.401. The number of carbonyl (C=O) groups is 1. The van der Waals surface area contributed by atoms with E-state index in [1.807, 2.05) is 37.3 Å². The van der Waals surface area contributed by atoms with E-state index in [-0.39, 0.29) is 6.61 Å². The minimum Gasteiger partial charge on any atom is -0.496 e. The monoisotopic (exact) mass is 330 g/mol. The molecule has 0 saturated heterocycles. The van der Waals surface area contributed by atoms with E-state index >= 15 is 0 Å². The van der Waals surface area contributed by atoms with Crippen molar-refractivity contribution >= 4 is 16.7 Å². The molecule has 0 atom stereocenters. The second-order valence-electron chi connectivity index (χ2n) is 5.10. The van der Waals surface area contributed by atoms with E-state index in [4.69, 9.17) is 18.9 Å². The molecule has 0 fully saturated rings. The standard InChI is InChI=1S/C19H22O5/c1-4-18(20)23-11-9-22-10-12-24-19-14(2)13-17(21-3)15-7-5-6-8-16(15)19/h4-8,13H,1,9-12H2,2-3H3. The zero-order valence-corrected chi connectivity index (χ0v) is 14.0. The van der Waals surface area contributed by atoms with Crippen LogP contribution >= 0.6 is 0 Å². The van der Waals surface area contributed by atoms with Gasteiger partial charge in [0, 0.05) is 16.8 Å². The summed E-state index contributed by atoms with van der Waals surface area (Å²) in [6, 6.07) is 9.92. The van der Waals surface area contributed by atoms with Crippen molar-refractivity contribution in [2.45, 2.75) is 6.92 Å². The second kappa shape index (κ2) is 8.93. The lowest BCUT2D eigenvalue weighted by molar-refractivity contribution is -0.139. The molecule has 0 heterocycles. The first-order valence-electron chi connectivity index (χ1n) is 7.73. The molecule has 24 heavy (non-hydrogen) atoms. The van der Waals surface area contributed by atoms with Crippen LogP contribution in [-0.4, -0.2) is 39.5 Å². The maximum atomic E-state index is 10.9. The summed E-state index contributed by atoms with van der Waals surface area (Å²) in [5, 5.41) is 2.02. The van der Waals surface area contributed by atoms with E-state index < -0.39 is 5.97 Å². The molecule has 0 aliphatic heterocycles.